The molecule has 0 saturated carbocycles. The van der Waals surface area contributed by atoms with Crippen LogP contribution < -0.4 is 0 Å². The van der Waals surface area contributed by atoms with Gasteiger partial charge in [0.1, 0.15) is 0 Å². The van der Waals surface area contributed by atoms with Crippen molar-refractivity contribution >= 4 is 10.0 Å². The number of hydrogen-bond donors (Lipinski definition) is 0. The molecule has 0 rings (SSSR count). The van der Waals surface area contributed by atoms with Gasteiger partial charge in [-0.05, 0) is 0 Å². The fourth-order valence-electron chi connectivity index (χ4n) is 0. The second-order valence-corrected chi connectivity index (χ2v) is 3.74. The quantitative estimate of drug-likeness (QED) is 0.589. The second-order valence-electron chi connectivity index (χ2n) is 1.55. The molecule has 0 aliphatic carbocycles. The Kier molecular flexibility index (Phi) is 9.55. The Morgan fingerprint density at radius 1 is 1.22 bits per heavy atom. The summed E-state index contributed by atoms with van der Waals surface area (Å²) in [5.74, 6) is 0. The van der Waals surface area contributed by atoms with Gasteiger partial charge in [-0.3, -0.25) is 0 Å². The monoisotopic (exact) mass is 190 g/mol. The van der Waals surface area contributed by atoms with E-state index in [4.69, 9.17) is 0 Å². The van der Waals surface area contributed by atoms with E-state index in [1.54, 1.807) is 0 Å². The zero-order valence-corrected chi connectivity index (χ0v) is 7.33. The molecule has 0 bridgehead atoms. The molecule has 0 heterocycles. The maximum atomic E-state index is 10.3. The van der Waals surface area contributed by atoms with E-state index in [0.717, 1.165) is 10.6 Å². The third-order valence-corrected chi connectivity index (χ3v) is 1.99. The predicted molar refractivity (Wildman–Crippen MR) is 35.3 cm³/mol. The Labute approximate surface area is 69.4 Å². The zero-order chi connectivity index (χ0) is 6.08. The van der Waals surface area contributed by atoms with Crippen LogP contribution in [0.3, 0.4) is 0 Å². The van der Waals surface area contributed by atoms with Crippen LogP contribution in [-0.2, 0) is 28.6 Å². The average molecular weight is 190 g/mol. The summed E-state index contributed by atoms with van der Waals surface area (Å²) in [5, 5.41) is 0. The molecule has 0 aliphatic rings. The molecule has 0 N–H and O–H groups in total. The first kappa shape index (κ1) is 16.2. The largest absolute Gasteiger partial charge is 0.213 e. The van der Waals surface area contributed by atoms with E-state index in [9.17, 15) is 8.42 Å². The Balaban J connectivity index is -0.000000180. The van der Waals surface area contributed by atoms with Crippen molar-refractivity contribution in [3.05, 3.63) is 0 Å². The molecule has 0 aromatic rings. The molecule has 57 valence electrons. The summed E-state index contributed by atoms with van der Waals surface area (Å²) in [6.45, 7) is 0. The SMILES string of the molecule is C.CN(C)S(C)(=O)=O.[V]. The van der Waals surface area contributed by atoms with Crippen molar-refractivity contribution in [2.45, 2.75) is 7.43 Å². The van der Waals surface area contributed by atoms with E-state index in [1.807, 2.05) is 0 Å². The average Bonchev–Trinajstić information content (AvgIpc) is 1.31. The molecule has 0 saturated heterocycles. The molecule has 0 fully saturated rings. The molecule has 0 atom stereocenters. The smallest absolute Gasteiger partial charge is 0.210 e. The van der Waals surface area contributed by atoms with Gasteiger partial charge in [0.2, 0.25) is 10.0 Å². The standard InChI is InChI=1S/C3H9NO2S.CH4.V/c1-4(2)7(3,5)6;;/h1-3H3;1H4;. The van der Waals surface area contributed by atoms with E-state index in [2.05, 4.69) is 0 Å². The fraction of sp³-hybridized carbons (Fsp3) is 1.00. The van der Waals surface area contributed by atoms with Crippen LogP contribution in [0.4, 0.5) is 0 Å². The van der Waals surface area contributed by atoms with Crippen molar-refractivity contribution in [1.82, 2.24) is 4.31 Å². The summed E-state index contributed by atoms with van der Waals surface area (Å²) in [4.78, 5) is 0. The summed E-state index contributed by atoms with van der Waals surface area (Å²) < 4.78 is 21.7. The van der Waals surface area contributed by atoms with Crippen molar-refractivity contribution in [2.75, 3.05) is 20.4 Å². The summed E-state index contributed by atoms with van der Waals surface area (Å²) in [7, 11) is 0.0833. The maximum absolute atomic E-state index is 10.3. The number of nitrogens with zero attached hydrogens (tertiary/aromatic N) is 1. The van der Waals surface area contributed by atoms with Gasteiger partial charge in [0.15, 0.2) is 0 Å². The summed E-state index contributed by atoms with van der Waals surface area (Å²) in [6.07, 6.45) is 1.16. The predicted octanol–water partition coefficient (Wildman–Crippen LogP) is 0.141. The summed E-state index contributed by atoms with van der Waals surface area (Å²) in [6, 6.07) is 0. The summed E-state index contributed by atoms with van der Waals surface area (Å²) >= 11 is 0. The second kappa shape index (κ2) is 5.29. The molecular weight excluding hydrogens is 177 g/mol. The normalized spacial score (nSPS) is 9.78. The van der Waals surface area contributed by atoms with Gasteiger partial charge in [0.25, 0.3) is 0 Å². The van der Waals surface area contributed by atoms with Crippen LogP contribution in [-0.4, -0.2) is 33.1 Å². The van der Waals surface area contributed by atoms with Crippen molar-refractivity contribution in [3.63, 3.8) is 0 Å². The Hall–Kier alpha value is 0.494. The van der Waals surface area contributed by atoms with Gasteiger partial charge in [0, 0.05) is 32.7 Å². The van der Waals surface area contributed by atoms with Crippen LogP contribution in [0.2, 0.25) is 0 Å². The minimum absolute atomic E-state index is 0. The van der Waals surface area contributed by atoms with Gasteiger partial charge in [-0.15, -0.1) is 0 Å². The van der Waals surface area contributed by atoms with Gasteiger partial charge < -0.3 is 0 Å². The minimum Gasteiger partial charge on any atom is -0.213 e. The van der Waals surface area contributed by atoms with E-state index in [0.29, 0.717) is 0 Å². The molecule has 1 radical (unpaired) electrons. The van der Waals surface area contributed by atoms with Gasteiger partial charge in [-0.2, -0.15) is 0 Å². The molecule has 0 aliphatic heterocycles. The van der Waals surface area contributed by atoms with Gasteiger partial charge in [-0.25, -0.2) is 12.7 Å². The topological polar surface area (TPSA) is 37.4 Å². The molecular formula is C4H13NO2SV. The first-order valence-corrected chi connectivity index (χ1v) is 3.67. The number of rotatable bonds is 1. The summed E-state index contributed by atoms with van der Waals surface area (Å²) in [5.41, 5.74) is 0. The molecule has 5 heteroatoms. The molecule has 0 unspecified atom stereocenters. The van der Waals surface area contributed by atoms with Gasteiger partial charge >= 0.3 is 0 Å². The van der Waals surface area contributed by atoms with Crippen LogP contribution in [0.1, 0.15) is 7.43 Å². The Morgan fingerprint density at radius 2 is 1.33 bits per heavy atom. The van der Waals surface area contributed by atoms with E-state index < -0.39 is 10.0 Å². The number of sulfonamides is 1. The van der Waals surface area contributed by atoms with Crippen LogP contribution in [0.5, 0.6) is 0 Å². The molecule has 3 nitrogen and oxygen atoms in total. The molecule has 0 aromatic heterocycles. The van der Waals surface area contributed by atoms with Crippen molar-refractivity contribution in [1.29, 1.82) is 0 Å². The van der Waals surface area contributed by atoms with Crippen LogP contribution in [0, 0.1) is 0 Å². The van der Waals surface area contributed by atoms with Gasteiger partial charge in [-0.1, -0.05) is 7.43 Å². The molecule has 0 spiro atoms. The first-order chi connectivity index (χ1) is 2.94. The third kappa shape index (κ3) is 8.49. The van der Waals surface area contributed by atoms with Crippen molar-refractivity contribution in [2.24, 2.45) is 0 Å². The molecule has 0 amide bonds. The third-order valence-electron chi connectivity index (χ3n) is 0.663. The Bertz CT molecular complexity index is 141. The molecule has 0 aromatic carbocycles. The van der Waals surface area contributed by atoms with E-state index in [1.165, 1.54) is 14.1 Å². The van der Waals surface area contributed by atoms with Gasteiger partial charge in [0.05, 0.1) is 6.26 Å². The van der Waals surface area contributed by atoms with Crippen LogP contribution >= 0.6 is 0 Å². The van der Waals surface area contributed by atoms with Crippen LogP contribution in [0.15, 0.2) is 0 Å². The van der Waals surface area contributed by atoms with Crippen molar-refractivity contribution < 1.29 is 27.0 Å². The van der Waals surface area contributed by atoms with E-state index >= 15 is 0 Å². The minimum atomic E-state index is -2.91. The van der Waals surface area contributed by atoms with Crippen molar-refractivity contribution in [3.8, 4) is 0 Å². The zero-order valence-electron chi connectivity index (χ0n) is 5.12. The molecule has 9 heavy (non-hydrogen) atoms. The van der Waals surface area contributed by atoms with Crippen LogP contribution in [0.25, 0.3) is 0 Å². The first-order valence-electron chi connectivity index (χ1n) is 1.82. The number of hydrogen-bond acceptors (Lipinski definition) is 2. The van der Waals surface area contributed by atoms with E-state index in [-0.39, 0.29) is 26.0 Å². The maximum Gasteiger partial charge on any atom is 0.210 e. The fourth-order valence-corrected chi connectivity index (χ4v) is 0. The Morgan fingerprint density at radius 3 is 1.33 bits per heavy atom.